The van der Waals surface area contributed by atoms with E-state index in [2.05, 4.69) is 9.98 Å². The molecule has 1 aromatic heterocycles. The molecule has 0 amide bonds. The fourth-order valence-corrected chi connectivity index (χ4v) is 1.44. The summed E-state index contributed by atoms with van der Waals surface area (Å²) in [6.45, 7) is 0. The van der Waals surface area contributed by atoms with Crippen LogP contribution >= 0.6 is 0 Å². The lowest BCUT2D eigenvalue weighted by molar-refractivity contribution is 0.476. The summed E-state index contributed by atoms with van der Waals surface area (Å²) >= 11 is 0. The highest BCUT2D eigenvalue weighted by Gasteiger charge is 2.05. The van der Waals surface area contributed by atoms with Crippen molar-refractivity contribution in [2.75, 3.05) is 12.8 Å². The van der Waals surface area contributed by atoms with Crippen LogP contribution in [0.25, 0.3) is 0 Å². The lowest BCUT2D eigenvalue weighted by Gasteiger charge is -2.07. The molecule has 0 bridgehead atoms. The number of aliphatic imine (C=N–C) groups is 1. The van der Waals surface area contributed by atoms with Crippen molar-refractivity contribution in [1.29, 1.82) is 0 Å². The van der Waals surface area contributed by atoms with Gasteiger partial charge in [0.25, 0.3) is 0 Å². The molecule has 1 heterocycles. The number of benzene rings is 1. The van der Waals surface area contributed by atoms with Crippen LogP contribution in [-0.2, 0) is 0 Å². The van der Waals surface area contributed by atoms with Crippen LogP contribution in [0.4, 0.5) is 10.1 Å². The van der Waals surface area contributed by atoms with Crippen LogP contribution in [0.1, 0.15) is 5.69 Å². The minimum Gasteiger partial charge on any atom is -0.457 e. The van der Waals surface area contributed by atoms with E-state index in [1.807, 2.05) is 0 Å². The van der Waals surface area contributed by atoms with Gasteiger partial charge in [0.1, 0.15) is 28.8 Å². The number of ether oxygens (including phenoxy) is 1. The van der Waals surface area contributed by atoms with Gasteiger partial charge in [0.05, 0.1) is 5.69 Å². The monoisotopic (exact) mass is 260 g/mol. The zero-order valence-corrected chi connectivity index (χ0v) is 10.3. The third kappa shape index (κ3) is 2.98. The van der Waals surface area contributed by atoms with Gasteiger partial charge in [-0.3, -0.25) is 9.98 Å². The lowest BCUT2D eigenvalue weighted by Crippen LogP contribution is -2.14. The van der Waals surface area contributed by atoms with E-state index in [0.29, 0.717) is 23.0 Å². The molecule has 0 aliphatic carbocycles. The summed E-state index contributed by atoms with van der Waals surface area (Å²) in [5.74, 6) is 0.604. The van der Waals surface area contributed by atoms with Crippen molar-refractivity contribution in [2.24, 2.45) is 10.7 Å². The summed E-state index contributed by atoms with van der Waals surface area (Å²) in [6.07, 6.45) is 1.54. The first-order chi connectivity index (χ1) is 9.10. The third-order valence-electron chi connectivity index (χ3n) is 2.44. The summed E-state index contributed by atoms with van der Waals surface area (Å²) in [6, 6.07) is 7.49. The van der Waals surface area contributed by atoms with E-state index in [4.69, 9.17) is 16.2 Å². The second-order valence-corrected chi connectivity index (χ2v) is 3.77. The quantitative estimate of drug-likeness (QED) is 0.501. The third-order valence-corrected chi connectivity index (χ3v) is 2.44. The van der Waals surface area contributed by atoms with E-state index in [-0.39, 0.29) is 5.69 Å². The minimum absolute atomic E-state index is 0.0742. The Balaban J connectivity index is 2.26. The van der Waals surface area contributed by atoms with Crippen LogP contribution in [0.3, 0.4) is 0 Å². The molecule has 1 aromatic carbocycles. The Labute approximate surface area is 109 Å². The number of pyridine rings is 1. The number of nitrogen functional groups attached to an aromatic ring is 1. The number of amidine groups is 1. The molecule has 0 spiro atoms. The summed E-state index contributed by atoms with van der Waals surface area (Å²) in [7, 11) is 1.57. The van der Waals surface area contributed by atoms with Gasteiger partial charge in [-0.25, -0.2) is 4.39 Å². The van der Waals surface area contributed by atoms with Crippen molar-refractivity contribution in [2.45, 2.75) is 0 Å². The highest BCUT2D eigenvalue weighted by molar-refractivity contribution is 5.95. The molecule has 0 fully saturated rings. The first-order valence-corrected chi connectivity index (χ1v) is 5.51. The zero-order chi connectivity index (χ0) is 13.8. The Kier molecular flexibility index (Phi) is 3.61. The summed E-state index contributed by atoms with van der Waals surface area (Å²) < 4.78 is 18.8. The molecule has 19 heavy (non-hydrogen) atoms. The van der Waals surface area contributed by atoms with Gasteiger partial charge in [0, 0.05) is 25.4 Å². The maximum atomic E-state index is 13.3. The zero-order valence-electron chi connectivity index (χ0n) is 10.3. The van der Waals surface area contributed by atoms with Crippen molar-refractivity contribution < 1.29 is 9.13 Å². The summed E-state index contributed by atoms with van der Waals surface area (Å²) in [5, 5.41) is 0. The Bertz CT molecular complexity index is 628. The minimum atomic E-state index is -0.526. The largest absolute Gasteiger partial charge is 0.457 e. The van der Waals surface area contributed by atoms with Crippen LogP contribution in [0.2, 0.25) is 0 Å². The first-order valence-electron chi connectivity index (χ1n) is 5.51. The maximum absolute atomic E-state index is 13.3. The normalized spacial score (nSPS) is 11.4. The Morgan fingerprint density at radius 3 is 2.68 bits per heavy atom. The summed E-state index contributed by atoms with van der Waals surface area (Å²) in [5.41, 5.74) is 11.6. The Morgan fingerprint density at radius 1 is 1.26 bits per heavy atom. The highest BCUT2D eigenvalue weighted by Crippen LogP contribution is 2.24. The second kappa shape index (κ2) is 5.34. The van der Waals surface area contributed by atoms with E-state index < -0.39 is 5.82 Å². The van der Waals surface area contributed by atoms with Crippen molar-refractivity contribution >= 4 is 11.5 Å². The van der Waals surface area contributed by atoms with Crippen LogP contribution in [0, 0.1) is 5.82 Å². The van der Waals surface area contributed by atoms with E-state index in [0.717, 1.165) is 0 Å². The molecule has 6 heteroatoms. The fourth-order valence-electron chi connectivity index (χ4n) is 1.44. The van der Waals surface area contributed by atoms with Crippen LogP contribution in [0.15, 0.2) is 41.5 Å². The number of nitrogens with two attached hydrogens (primary N) is 2. The predicted octanol–water partition coefficient (Wildman–Crippen LogP) is 1.93. The number of anilines is 1. The molecule has 0 atom stereocenters. The molecule has 2 aromatic rings. The molecule has 0 aliphatic heterocycles. The van der Waals surface area contributed by atoms with Crippen molar-refractivity contribution in [3.05, 3.63) is 48.0 Å². The number of aromatic nitrogens is 1. The van der Waals surface area contributed by atoms with Crippen molar-refractivity contribution in [3.8, 4) is 11.5 Å². The van der Waals surface area contributed by atoms with E-state index in [1.54, 1.807) is 25.2 Å². The average molecular weight is 260 g/mol. The van der Waals surface area contributed by atoms with Gasteiger partial charge in [-0.2, -0.15) is 0 Å². The fraction of sp³-hybridized carbons (Fsp3) is 0.0769. The van der Waals surface area contributed by atoms with Crippen LogP contribution < -0.4 is 16.2 Å². The van der Waals surface area contributed by atoms with Gasteiger partial charge in [0.15, 0.2) is 0 Å². The molecule has 0 radical (unpaired) electrons. The van der Waals surface area contributed by atoms with Crippen molar-refractivity contribution in [1.82, 2.24) is 4.98 Å². The second-order valence-electron chi connectivity index (χ2n) is 3.77. The molecule has 98 valence electrons. The number of nitrogens with zero attached hydrogens (tertiary/aromatic N) is 2. The predicted molar refractivity (Wildman–Crippen MR) is 71.8 cm³/mol. The number of rotatable bonds is 3. The molecular weight excluding hydrogens is 247 g/mol. The van der Waals surface area contributed by atoms with Crippen LogP contribution in [0.5, 0.6) is 11.5 Å². The van der Waals surface area contributed by atoms with Gasteiger partial charge < -0.3 is 16.2 Å². The number of hydrogen-bond donors (Lipinski definition) is 2. The SMILES string of the molecule is CN=C(N)c1cc(Oc2ccc(N)c(F)c2)ccn1. The topological polar surface area (TPSA) is 86.5 Å². The Hall–Kier alpha value is -2.63. The smallest absolute Gasteiger partial charge is 0.149 e. The summed E-state index contributed by atoms with van der Waals surface area (Å²) in [4.78, 5) is 7.89. The molecule has 5 nitrogen and oxygen atoms in total. The molecule has 0 saturated carbocycles. The first kappa shape index (κ1) is 12.8. The molecule has 0 saturated heterocycles. The van der Waals surface area contributed by atoms with E-state index in [1.165, 1.54) is 18.3 Å². The molecule has 0 aliphatic rings. The van der Waals surface area contributed by atoms with Gasteiger partial charge in [-0.1, -0.05) is 0 Å². The van der Waals surface area contributed by atoms with Crippen LogP contribution in [-0.4, -0.2) is 17.9 Å². The lowest BCUT2D eigenvalue weighted by atomic mass is 10.3. The molecule has 2 rings (SSSR count). The van der Waals surface area contributed by atoms with Crippen molar-refractivity contribution in [3.63, 3.8) is 0 Å². The Morgan fingerprint density at radius 2 is 2.00 bits per heavy atom. The molecule has 4 N–H and O–H groups in total. The van der Waals surface area contributed by atoms with Gasteiger partial charge in [-0.05, 0) is 18.2 Å². The molecular formula is C13H13FN4O. The standard InChI is InChI=1S/C13H13FN4O/c1-17-13(16)12-7-9(4-5-18-12)19-8-2-3-11(15)10(14)6-8/h2-7H,15H2,1H3,(H2,16,17). The average Bonchev–Trinajstić information content (AvgIpc) is 2.42. The van der Waals surface area contributed by atoms with Gasteiger partial charge >= 0.3 is 0 Å². The van der Waals surface area contributed by atoms with Gasteiger partial charge in [-0.15, -0.1) is 0 Å². The number of halogens is 1. The van der Waals surface area contributed by atoms with E-state index in [9.17, 15) is 4.39 Å². The van der Waals surface area contributed by atoms with E-state index >= 15 is 0 Å². The number of hydrogen-bond acceptors (Lipinski definition) is 4. The maximum Gasteiger partial charge on any atom is 0.149 e. The van der Waals surface area contributed by atoms with Gasteiger partial charge in [0.2, 0.25) is 0 Å². The molecule has 0 unspecified atom stereocenters. The highest BCUT2D eigenvalue weighted by atomic mass is 19.1.